The zero-order valence-corrected chi connectivity index (χ0v) is 8.25. The van der Waals surface area contributed by atoms with Gasteiger partial charge in [-0.2, -0.15) is 0 Å². The van der Waals surface area contributed by atoms with E-state index in [1.54, 1.807) is 6.92 Å². The van der Waals surface area contributed by atoms with Gasteiger partial charge >= 0.3 is 0 Å². The molecule has 2 amide bonds. The van der Waals surface area contributed by atoms with Crippen LogP contribution in [0.5, 0.6) is 0 Å². The van der Waals surface area contributed by atoms with Gasteiger partial charge < -0.3 is 10.6 Å². The third kappa shape index (κ3) is 5.17. The van der Waals surface area contributed by atoms with E-state index in [2.05, 4.69) is 11.2 Å². The molecule has 5 heteroatoms. The minimum atomic E-state index is -0.517. The predicted molar refractivity (Wildman–Crippen MR) is 53.2 cm³/mol. The molecule has 0 fully saturated rings. The number of likely N-dealkylation sites (N-methyl/N-ethyl adjacent to an activating group) is 1. The van der Waals surface area contributed by atoms with Gasteiger partial charge in [-0.3, -0.25) is 14.9 Å². The van der Waals surface area contributed by atoms with Crippen molar-refractivity contribution >= 4 is 11.8 Å². The molecular formula is C9H15N3O2. The van der Waals surface area contributed by atoms with Crippen LogP contribution in [0.1, 0.15) is 6.92 Å². The van der Waals surface area contributed by atoms with Crippen LogP contribution in [-0.2, 0) is 9.59 Å². The van der Waals surface area contributed by atoms with Crippen LogP contribution in [0.3, 0.4) is 0 Å². The number of nitrogens with two attached hydrogens (primary N) is 1. The largest absolute Gasteiger partial charge is 0.368 e. The molecule has 0 atom stereocenters. The summed E-state index contributed by atoms with van der Waals surface area (Å²) in [5.41, 5.74) is 4.98. The summed E-state index contributed by atoms with van der Waals surface area (Å²) in [7, 11) is 0. The van der Waals surface area contributed by atoms with Crippen molar-refractivity contribution in [1.82, 2.24) is 10.2 Å². The summed E-state index contributed by atoms with van der Waals surface area (Å²) in [6.45, 7) is 2.65. The zero-order chi connectivity index (χ0) is 11.0. The molecule has 0 aliphatic heterocycles. The van der Waals surface area contributed by atoms with Crippen molar-refractivity contribution in [2.45, 2.75) is 6.92 Å². The maximum atomic E-state index is 11.4. The van der Waals surface area contributed by atoms with Gasteiger partial charge in [0.2, 0.25) is 11.8 Å². The van der Waals surface area contributed by atoms with E-state index < -0.39 is 5.91 Å². The van der Waals surface area contributed by atoms with Crippen LogP contribution < -0.4 is 11.1 Å². The molecule has 3 N–H and O–H groups in total. The average Bonchev–Trinajstić information content (AvgIpc) is 2.14. The quantitative estimate of drug-likeness (QED) is 0.404. The Morgan fingerprint density at radius 3 is 2.64 bits per heavy atom. The normalized spacial score (nSPS) is 9.14. The number of carbonyl (C=O) groups is 2. The summed E-state index contributed by atoms with van der Waals surface area (Å²) in [6, 6.07) is 0. The van der Waals surface area contributed by atoms with Crippen LogP contribution in [0.4, 0.5) is 0 Å². The van der Waals surface area contributed by atoms with Gasteiger partial charge in [0.15, 0.2) is 0 Å². The molecule has 0 aliphatic rings. The van der Waals surface area contributed by atoms with Crippen molar-refractivity contribution in [3.63, 3.8) is 0 Å². The van der Waals surface area contributed by atoms with Gasteiger partial charge in [-0.05, 0) is 6.92 Å². The van der Waals surface area contributed by atoms with Crippen LogP contribution >= 0.6 is 0 Å². The predicted octanol–water partition coefficient (Wildman–Crippen LogP) is -1.46. The molecule has 0 saturated carbocycles. The molecule has 0 heterocycles. The number of amides is 2. The summed E-state index contributed by atoms with van der Waals surface area (Å²) in [5.74, 6) is 1.65. The third-order valence-electron chi connectivity index (χ3n) is 1.58. The minimum absolute atomic E-state index is 0.0485. The molecule has 78 valence electrons. The highest BCUT2D eigenvalue weighted by Crippen LogP contribution is 1.87. The second kappa shape index (κ2) is 6.92. The fourth-order valence-electron chi connectivity index (χ4n) is 0.918. The molecular weight excluding hydrogens is 182 g/mol. The standard InChI is InChI=1S/C9H15N3O2/c1-3-5-11-6-9(14)12(4-2)7-8(10)13/h1,11H,4-7H2,2H3,(H2,10,13). The number of hydrogen-bond donors (Lipinski definition) is 2. The molecule has 0 aliphatic carbocycles. The highest BCUT2D eigenvalue weighted by molar-refractivity contribution is 5.84. The van der Waals surface area contributed by atoms with E-state index in [0.717, 1.165) is 0 Å². The monoisotopic (exact) mass is 197 g/mol. The molecule has 5 nitrogen and oxygen atoms in total. The number of primary amides is 1. The molecule has 0 aromatic carbocycles. The molecule has 0 unspecified atom stereocenters. The van der Waals surface area contributed by atoms with Crippen molar-refractivity contribution in [3.8, 4) is 12.3 Å². The van der Waals surface area contributed by atoms with Gasteiger partial charge in [0.05, 0.1) is 19.6 Å². The molecule has 0 radical (unpaired) electrons. The van der Waals surface area contributed by atoms with E-state index in [1.807, 2.05) is 0 Å². The summed E-state index contributed by atoms with van der Waals surface area (Å²) in [4.78, 5) is 23.3. The third-order valence-corrected chi connectivity index (χ3v) is 1.58. The van der Waals surface area contributed by atoms with Gasteiger partial charge in [-0.15, -0.1) is 6.42 Å². The Bertz CT molecular complexity index is 245. The molecule has 0 aromatic heterocycles. The first-order valence-electron chi connectivity index (χ1n) is 4.32. The lowest BCUT2D eigenvalue weighted by molar-refractivity contribution is -0.134. The van der Waals surface area contributed by atoms with Crippen LogP contribution in [0.15, 0.2) is 0 Å². The molecule has 0 spiro atoms. The molecule has 0 bridgehead atoms. The van der Waals surface area contributed by atoms with E-state index in [9.17, 15) is 9.59 Å². The van der Waals surface area contributed by atoms with E-state index in [1.165, 1.54) is 4.90 Å². The first-order valence-corrected chi connectivity index (χ1v) is 4.32. The number of hydrogen-bond acceptors (Lipinski definition) is 3. The van der Waals surface area contributed by atoms with E-state index >= 15 is 0 Å². The van der Waals surface area contributed by atoms with Crippen molar-refractivity contribution in [2.24, 2.45) is 5.73 Å². The van der Waals surface area contributed by atoms with Crippen LogP contribution in [0.2, 0.25) is 0 Å². The SMILES string of the molecule is C#CCNCC(=O)N(CC)CC(N)=O. The number of nitrogens with one attached hydrogen (secondary N) is 1. The Balaban J connectivity index is 3.93. The van der Waals surface area contributed by atoms with Crippen molar-refractivity contribution in [1.29, 1.82) is 0 Å². The number of nitrogens with zero attached hydrogens (tertiary/aromatic N) is 1. The molecule has 0 saturated heterocycles. The smallest absolute Gasteiger partial charge is 0.237 e. The van der Waals surface area contributed by atoms with Gasteiger partial charge in [0, 0.05) is 6.54 Å². The number of rotatable bonds is 6. The fourth-order valence-corrected chi connectivity index (χ4v) is 0.918. The van der Waals surface area contributed by atoms with Gasteiger partial charge in [-0.1, -0.05) is 5.92 Å². The maximum absolute atomic E-state index is 11.4. The molecule has 0 rings (SSSR count). The highest BCUT2D eigenvalue weighted by Gasteiger charge is 2.12. The Hall–Kier alpha value is -1.54. The lowest BCUT2D eigenvalue weighted by atomic mass is 10.4. The number of carbonyl (C=O) groups excluding carboxylic acids is 2. The minimum Gasteiger partial charge on any atom is -0.368 e. The van der Waals surface area contributed by atoms with Crippen LogP contribution in [0, 0.1) is 12.3 Å². The topological polar surface area (TPSA) is 75.4 Å². The van der Waals surface area contributed by atoms with Gasteiger partial charge in [0.25, 0.3) is 0 Å². The van der Waals surface area contributed by atoms with Gasteiger partial charge in [-0.25, -0.2) is 0 Å². The summed E-state index contributed by atoms with van der Waals surface area (Å²) in [5, 5.41) is 2.74. The lowest BCUT2D eigenvalue weighted by Gasteiger charge is -2.18. The second-order valence-electron chi connectivity index (χ2n) is 2.68. The van der Waals surface area contributed by atoms with E-state index in [4.69, 9.17) is 12.2 Å². The van der Waals surface area contributed by atoms with Crippen LogP contribution in [-0.4, -0.2) is 42.9 Å². The zero-order valence-electron chi connectivity index (χ0n) is 8.25. The van der Waals surface area contributed by atoms with Crippen molar-refractivity contribution < 1.29 is 9.59 Å². The Morgan fingerprint density at radius 2 is 2.21 bits per heavy atom. The Labute approximate surface area is 83.6 Å². The Morgan fingerprint density at radius 1 is 1.57 bits per heavy atom. The first kappa shape index (κ1) is 12.5. The summed E-state index contributed by atoms with van der Waals surface area (Å²) >= 11 is 0. The lowest BCUT2D eigenvalue weighted by Crippen LogP contribution is -2.42. The van der Waals surface area contributed by atoms with E-state index in [0.29, 0.717) is 13.1 Å². The van der Waals surface area contributed by atoms with E-state index in [-0.39, 0.29) is 19.0 Å². The molecule has 0 aromatic rings. The van der Waals surface area contributed by atoms with Gasteiger partial charge in [0.1, 0.15) is 0 Å². The van der Waals surface area contributed by atoms with Crippen molar-refractivity contribution in [2.75, 3.05) is 26.2 Å². The molecule has 14 heavy (non-hydrogen) atoms. The Kier molecular flexibility index (Phi) is 6.16. The summed E-state index contributed by atoms with van der Waals surface area (Å²) in [6.07, 6.45) is 4.99. The average molecular weight is 197 g/mol. The van der Waals surface area contributed by atoms with Crippen molar-refractivity contribution in [3.05, 3.63) is 0 Å². The first-order chi connectivity index (χ1) is 6.61. The second-order valence-corrected chi connectivity index (χ2v) is 2.68. The number of terminal acetylenes is 1. The maximum Gasteiger partial charge on any atom is 0.237 e. The van der Waals surface area contributed by atoms with Crippen LogP contribution in [0.25, 0.3) is 0 Å². The summed E-state index contributed by atoms with van der Waals surface area (Å²) < 4.78 is 0. The fraction of sp³-hybridized carbons (Fsp3) is 0.556. The highest BCUT2D eigenvalue weighted by atomic mass is 16.2.